The first-order valence-corrected chi connectivity index (χ1v) is 6.48. The minimum absolute atomic E-state index is 0.112. The van der Waals surface area contributed by atoms with Gasteiger partial charge in [0.15, 0.2) is 11.5 Å². The van der Waals surface area contributed by atoms with Crippen molar-refractivity contribution in [3.63, 3.8) is 0 Å². The van der Waals surface area contributed by atoms with Gasteiger partial charge < -0.3 is 20.1 Å². The quantitative estimate of drug-likeness (QED) is 0.855. The Bertz CT molecular complexity index is 444. The summed E-state index contributed by atoms with van der Waals surface area (Å²) in [5.74, 6) is 1.35. The number of benzene rings is 1. The molecule has 1 aliphatic carbocycles. The van der Waals surface area contributed by atoms with E-state index in [0.717, 1.165) is 18.4 Å². The number of hydrogen-bond donors (Lipinski definition) is 2. The summed E-state index contributed by atoms with van der Waals surface area (Å²) in [4.78, 5) is 11.6. The zero-order valence-corrected chi connectivity index (χ0v) is 11.4. The summed E-state index contributed by atoms with van der Waals surface area (Å²) in [5, 5.41) is 5.77. The van der Waals surface area contributed by atoms with Crippen LogP contribution in [0.4, 0.5) is 4.79 Å². The topological polar surface area (TPSA) is 59.6 Å². The van der Waals surface area contributed by atoms with Crippen molar-refractivity contribution in [2.75, 3.05) is 14.2 Å². The fourth-order valence-corrected chi connectivity index (χ4v) is 1.96. The van der Waals surface area contributed by atoms with Crippen LogP contribution in [-0.2, 0) is 6.54 Å². The van der Waals surface area contributed by atoms with Crippen LogP contribution in [0.1, 0.15) is 24.8 Å². The number of ether oxygens (including phenoxy) is 2. The molecule has 1 saturated carbocycles. The van der Waals surface area contributed by atoms with Gasteiger partial charge in [0.25, 0.3) is 0 Å². The van der Waals surface area contributed by atoms with Crippen LogP contribution in [0.25, 0.3) is 0 Å². The number of carbonyl (C=O) groups excluding carboxylic acids is 1. The van der Waals surface area contributed by atoms with E-state index in [-0.39, 0.29) is 6.03 Å². The molecule has 5 nitrogen and oxygen atoms in total. The van der Waals surface area contributed by atoms with E-state index in [0.29, 0.717) is 24.1 Å². The molecule has 0 saturated heterocycles. The van der Waals surface area contributed by atoms with Gasteiger partial charge in [-0.3, -0.25) is 0 Å². The molecule has 0 atom stereocenters. The lowest BCUT2D eigenvalue weighted by Crippen LogP contribution is -2.44. The summed E-state index contributed by atoms with van der Waals surface area (Å²) in [6.45, 7) is 0.471. The maximum atomic E-state index is 11.6. The third-order valence-electron chi connectivity index (χ3n) is 3.34. The predicted octanol–water partition coefficient (Wildman–Crippen LogP) is 2.06. The number of hydrogen-bond acceptors (Lipinski definition) is 3. The second-order valence-corrected chi connectivity index (χ2v) is 4.64. The molecule has 0 bridgehead atoms. The number of rotatable bonds is 5. The lowest BCUT2D eigenvalue weighted by molar-refractivity contribution is 0.228. The first kappa shape index (κ1) is 13.5. The molecule has 5 heteroatoms. The average molecular weight is 264 g/mol. The maximum Gasteiger partial charge on any atom is 0.315 e. The lowest BCUT2D eigenvalue weighted by Gasteiger charge is -2.26. The zero-order chi connectivity index (χ0) is 13.7. The summed E-state index contributed by atoms with van der Waals surface area (Å²) in [7, 11) is 3.19. The second-order valence-electron chi connectivity index (χ2n) is 4.64. The van der Waals surface area contributed by atoms with Crippen molar-refractivity contribution in [3.8, 4) is 11.5 Å². The Balaban J connectivity index is 1.86. The van der Waals surface area contributed by atoms with Gasteiger partial charge in [0, 0.05) is 12.6 Å². The third kappa shape index (κ3) is 3.53. The number of methoxy groups -OCH3 is 2. The lowest BCUT2D eigenvalue weighted by atomic mass is 9.93. The Morgan fingerprint density at radius 1 is 1.26 bits per heavy atom. The monoisotopic (exact) mass is 264 g/mol. The van der Waals surface area contributed by atoms with Crippen molar-refractivity contribution in [1.82, 2.24) is 10.6 Å². The van der Waals surface area contributed by atoms with Crippen LogP contribution in [0.2, 0.25) is 0 Å². The van der Waals surface area contributed by atoms with E-state index in [1.54, 1.807) is 14.2 Å². The highest BCUT2D eigenvalue weighted by molar-refractivity contribution is 5.74. The van der Waals surface area contributed by atoms with Crippen molar-refractivity contribution in [2.45, 2.75) is 31.8 Å². The molecule has 1 aromatic rings. The average Bonchev–Trinajstić information content (AvgIpc) is 2.40. The van der Waals surface area contributed by atoms with Crippen LogP contribution in [-0.4, -0.2) is 26.3 Å². The molecule has 1 fully saturated rings. The van der Waals surface area contributed by atoms with Crippen molar-refractivity contribution in [3.05, 3.63) is 23.8 Å². The van der Waals surface area contributed by atoms with Crippen molar-refractivity contribution in [1.29, 1.82) is 0 Å². The Hall–Kier alpha value is -1.91. The Morgan fingerprint density at radius 2 is 2.00 bits per heavy atom. The number of urea groups is 1. The summed E-state index contributed by atoms with van der Waals surface area (Å²) in [6.07, 6.45) is 3.38. The Morgan fingerprint density at radius 3 is 2.58 bits per heavy atom. The standard InChI is InChI=1S/C14H20N2O3/c1-18-12-7-6-10(8-13(12)19-2)9-15-14(17)16-11-4-3-5-11/h6-8,11H,3-5,9H2,1-2H3,(H2,15,16,17). The van der Waals surface area contributed by atoms with E-state index in [1.807, 2.05) is 18.2 Å². The van der Waals surface area contributed by atoms with Gasteiger partial charge in [-0.15, -0.1) is 0 Å². The van der Waals surface area contributed by atoms with E-state index in [4.69, 9.17) is 9.47 Å². The molecule has 0 aliphatic heterocycles. The smallest absolute Gasteiger partial charge is 0.315 e. The van der Waals surface area contributed by atoms with Crippen molar-refractivity contribution < 1.29 is 14.3 Å². The molecule has 0 heterocycles. The molecule has 1 aliphatic rings. The van der Waals surface area contributed by atoms with Crippen LogP contribution in [0.5, 0.6) is 11.5 Å². The van der Waals surface area contributed by atoms with E-state index in [9.17, 15) is 4.79 Å². The van der Waals surface area contributed by atoms with Gasteiger partial charge in [-0.1, -0.05) is 6.07 Å². The molecular formula is C14H20N2O3. The van der Waals surface area contributed by atoms with Gasteiger partial charge in [-0.2, -0.15) is 0 Å². The first-order valence-electron chi connectivity index (χ1n) is 6.48. The molecular weight excluding hydrogens is 244 g/mol. The largest absolute Gasteiger partial charge is 0.493 e. The summed E-state index contributed by atoms with van der Waals surface area (Å²) < 4.78 is 10.4. The Labute approximate surface area is 113 Å². The molecule has 0 spiro atoms. The normalized spacial score (nSPS) is 14.4. The molecule has 2 rings (SSSR count). The number of amides is 2. The minimum Gasteiger partial charge on any atom is -0.493 e. The molecule has 19 heavy (non-hydrogen) atoms. The molecule has 104 valence electrons. The number of nitrogens with one attached hydrogen (secondary N) is 2. The van der Waals surface area contributed by atoms with E-state index >= 15 is 0 Å². The van der Waals surface area contributed by atoms with Gasteiger partial charge in [-0.25, -0.2) is 4.79 Å². The predicted molar refractivity (Wildman–Crippen MR) is 72.6 cm³/mol. The fraction of sp³-hybridized carbons (Fsp3) is 0.500. The highest BCUT2D eigenvalue weighted by atomic mass is 16.5. The zero-order valence-electron chi connectivity index (χ0n) is 11.4. The van der Waals surface area contributed by atoms with Crippen LogP contribution in [0, 0.1) is 0 Å². The molecule has 2 amide bonds. The van der Waals surface area contributed by atoms with E-state index in [2.05, 4.69) is 10.6 Å². The van der Waals surface area contributed by atoms with Gasteiger partial charge in [0.05, 0.1) is 14.2 Å². The molecule has 0 unspecified atom stereocenters. The highest BCUT2D eigenvalue weighted by Crippen LogP contribution is 2.27. The summed E-state index contributed by atoms with van der Waals surface area (Å²) in [6, 6.07) is 5.84. The van der Waals surface area contributed by atoms with Crippen LogP contribution < -0.4 is 20.1 Å². The second kappa shape index (κ2) is 6.31. The van der Waals surface area contributed by atoms with Gasteiger partial charge in [0.1, 0.15) is 0 Å². The molecule has 2 N–H and O–H groups in total. The van der Waals surface area contributed by atoms with Crippen LogP contribution in [0.3, 0.4) is 0 Å². The molecule has 1 aromatic carbocycles. The SMILES string of the molecule is COc1ccc(CNC(=O)NC2CCC2)cc1OC. The highest BCUT2D eigenvalue weighted by Gasteiger charge is 2.18. The van der Waals surface area contributed by atoms with Gasteiger partial charge >= 0.3 is 6.03 Å². The van der Waals surface area contributed by atoms with Crippen molar-refractivity contribution >= 4 is 6.03 Å². The van der Waals surface area contributed by atoms with Gasteiger partial charge in [0.2, 0.25) is 0 Å². The third-order valence-corrected chi connectivity index (χ3v) is 3.34. The van der Waals surface area contributed by atoms with E-state index in [1.165, 1.54) is 6.42 Å². The first-order chi connectivity index (χ1) is 9.22. The fourth-order valence-electron chi connectivity index (χ4n) is 1.96. The summed E-state index contributed by atoms with van der Waals surface area (Å²) >= 11 is 0. The van der Waals surface area contributed by atoms with E-state index < -0.39 is 0 Å². The minimum atomic E-state index is -0.112. The number of carbonyl (C=O) groups is 1. The molecule has 0 radical (unpaired) electrons. The van der Waals surface area contributed by atoms with Gasteiger partial charge in [-0.05, 0) is 37.0 Å². The van der Waals surface area contributed by atoms with Crippen molar-refractivity contribution in [2.24, 2.45) is 0 Å². The van der Waals surface area contributed by atoms with Crippen LogP contribution >= 0.6 is 0 Å². The van der Waals surface area contributed by atoms with Crippen LogP contribution in [0.15, 0.2) is 18.2 Å². The molecule has 0 aromatic heterocycles. The summed E-state index contributed by atoms with van der Waals surface area (Å²) in [5.41, 5.74) is 0.974. The Kier molecular flexibility index (Phi) is 4.49. The maximum absolute atomic E-state index is 11.6.